The SMILES string of the molecule is COc1cccc(CNC(=O)N2CCCC3(CCN(Cc4ccc(Cl)c(Cl)c4)C3)C2)c1OC. The summed E-state index contributed by atoms with van der Waals surface area (Å²) in [6, 6.07) is 11.5. The Morgan fingerprint density at radius 1 is 1.06 bits per heavy atom. The number of amides is 2. The number of para-hydroxylation sites is 1. The van der Waals surface area contributed by atoms with Crippen LogP contribution < -0.4 is 14.8 Å². The number of nitrogens with one attached hydrogen (secondary N) is 1. The quantitative estimate of drug-likeness (QED) is 0.602. The molecule has 2 aromatic rings. The Morgan fingerprint density at radius 3 is 2.67 bits per heavy atom. The van der Waals surface area contributed by atoms with Gasteiger partial charge in [0.2, 0.25) is 0 Å². The van der Waals surface area contributed by atoms with Gasteiger partial charge in [-0.3, -0.25) is 4.90 Å². The van der Waals surface area contributed by atoms with Crippen molar-refractivity contribution in [3.8, 4) is 11.5 Å². The molecule has 8 heteroatoms. The number of urea groups is 1. The first-order valence-corrected chi connectivity index (χ1v) is 12.1. The van der Waals surface area contributed by atoms with Crippen LogP contribution in [0.4, 0.5) is 4.79 Å². The normalized spacial score (nSPS) is 20.8. The van der Waals surface area contributed by atoms with Crippen molar-refractivity contribution in [2.45, 2.75) is 32.4 Å². The number of hydrogen-bond acceptors (Lipinski definition) is 4. The zero-order valence-corrected chi connectivity index (χ0v) is 20.7. The van der Waals surface area contributed by atoms with E-state index in [1.807, 2.05) is 41.3 Å². The molecule has 33 heavy (non-hydrogen) atoms. The molecule has 6 nitrogen and oxygen atoms in total. The first-order valence-electron chi connectivity index (χ1n) is 11.3. The average molecular weight is 492 g/mol. The van der Waals surface area contributed by atoms with Crippen molar-refractivity contribution in [3.05, 3.63) is 57.6 Å². The number of hydrogen-bond donors (Lipinski definition) is 1. The highest BCUT2D eigenvalue weighted by atomic mass is 35.5. The fourth-order valence-corrected chi connectivity index (χ4v) is 5.47. The number of piperidine rings is 1. The third-order valence-corrected chi connectivity index (χ3v) is 7.51. The van der Waals surface area contributed by atoms with Crippen LogP contribution in [0, 0.1) is 5.41 Å². The van der Waals surface area contributed by atoms with Gasteiger partial charge >= 0.3 is 6.03 Å². The monoisotopic (exact) mass is 491 g/mol. The van der Waals surface area contributed by atoms with Gasteiger partial charge in [-0.05, 0) is 49.6 Å². The van der Waals surface area contributed by atoms with Crippen molar-refractivity contribution in [1.82, 2.24) is 15.1 Å². The van der Waals surface area contributed by atoms with Crippen LogP contribution in [-0.2, 0) is 13.1 Å². The number of likely N-dealkylation sites (tertiary alicyclic amines) is 2. The second-order valence-electron chi connectivity index (χ2n) is 9.05. The topological polar surface area (TPSA) is 54.0 Å². The highest BCUT2D eigenvalue weighted by Gasteiger charge is 2.42. The van der Waals surface area contributed by atoms with Gasteiger partial charge in [-0.2, -0.15) is 0 Å². The molecule has 0 saturated carbocycles. The average Bonchev–Trinajstić information content (AvgIpc) is 3.20. The number of benzene rings is 2. The zero-order valence-electron chi connectivity index (χ0n) is 19.2. The minimum Gasteiger partial charge on any atom is -0.493 e. The minimum atomic E-state index is -0.0260. The molecule has 0 aliphatic carbocycles. The van der Waals surface area contributed by atoms with Gasteiger partial charge in [-0.15, -0.1) is 0 Å². The van der Waals surface area contributed by atoms with Crippen LogP contribution in [0.15, 0.2) is 36.4 Å². The molecule has 2 aromatic carbocycles. The van der Waals surface area contributed by atoms with Crippen molar-refractivity contribution in [2.24, 2.45) is 5.41 Å². The van der Waals surface area contributed by atoms with E-state index in [2.05, 4.69) is 10.2 Å². The molecule has 2 fully saturated rings. The largest absolute Gasteiger partial charge is 0.493 e. The van der Waals surface area contributed by atoms with Gasteiger partial charge in [0.25, 0.3) is 0 Å². The fraction of sp³-hybridized carbons (Fsp3) is 0.480. The number of carbonyl (C=O) groups is 1. The maximum Gasteiger partial charge on any atom is 0.317 e. The molecule has 0 radical (unpaired) electrons. The first kappa shape index (κ1) is 24.0. The molecule has 1 N–H and O–H groups in total. The maximum absolute atomic E-state index is 13.0. The summed E-state index contributed by atoms with van der Waals surface area (Å²) in [7, 11) is 3.22. The minimum absolute atomic E-state index is 0.0260. The summed E-state index contributed by atoms with van der Waals surface area (Å²) in [6.07, 6.45) is 3.27. The Balaban J connectivity index is 1.34. The van der Waals surface area contributed by atoms with Crippen LogP contribution in [0.1, 0.15) is 30.4 Å². The summed E-state index contributed by atoms with van der Waals surface area (Å²) in [6.45, 7) is 4.83. The number of rotatable bonds is 6. The van der Waals surface area contributed by atoms with Gasteiger partial charge in [0.15, 0.2) is 11.5 Å². The molecule has 1 atom stereocenters. The van der Waals surface area contributed by atoms with E-state index in [0.717, 1.165) is 57.5 Å². The van der Waals surface area contributed by atoms with Crippen molar-refractivity contribution < 1.29 is 14.3 Å². The number of methoxy groups -OCH3 is 2. The number of nitrogens with zero attached hydrogens (tertiary/aromatic N) is 2. The second-order valence-corrected chi connectivity index (χ2v) is 9.86. The highest BCUT2D eigenvalue weighted by molar-refractivity contribution is 6.42. The van der Waals surface area contributed by atoms with Gasteiger partial charge in [-0.25, -0.2) is 4.79 Å². The van der Waals surface area contributed by atoms with Crippen LogP contribution in [-0.4, -0.2) is 56.2 Å². The Kier molecular flexibility index (Phi) is 7.57. The van der Waals surface area contributed by atoms with Gasteiger partial charge < -0.3 is 19.7 Å². The molecule has 2 saturated heterocycles. The van der Waals surface area contributed by atoms with Crippen molar-refractivity contribution >= 4 is 29.2 Å². The lowest BCUT2D eigenvalue weighted by Gasteiger charge is -2.40. The van der Waals surface area contributed by atoms with E-state index in [-0.39, 0.29) is 11.4 Å². The predicted octanol–water partition coefficient (Wildman–Crippen LogP) is 5.21. The maximum atomic E-state index is 13.0. The molecule has 0 bridgehead atoms. The standard InChI is InChI=1S/C25H31Cl2N3O3/c1-32-22-6-3-5-19(23(22)33-2)14-28-24(31)30-11-4-9-25(17-30)10-12-29(16-25)15-18-7-8-20(26)21(27)13-18/h3,5-8,13H,4,9-12,14-17H2,1-2H3,(H,28,31). The molecule has 1 spiro atoms. The van der Waals surface area contributed by atoms with Gasteiger partial charge in [0.1, 0.15) is 0 Å². The smallest absolute Gasteiger partial charge is 0.317 e. The Bertz CT molecular complexity index is 1000. The molecule has 2 aliphatic heterocycles. The molecule has 2 aliphatic rings. The third kappa shape index (κ3) is 5.51. The third-order valence-electron chi connectivity index (χ3n) is 6.77. The fourth-order valence-electron chi connectivity index (χ4n) is 5.15. The molecule has 4 rings (SSSR count). The van der Waals surface area contributed by atoms with Gasteiger partial charge in [-0.1, -0.05) is 41.4 Å². The molecular formula is C25H31Cl2N3O3. The summed E-state index contributed by atoms with van der Waals surface area (Å²) >= 11 is 12.2. The van der Waals surface area contributed by atoms with Crippen molar-refractivity contribution in [1.29, 1.82) is 0 Å². The molecule has 0 aromatic heterocycles. The lowest BCUT2D eigenvalue weighted by molar-refractivity contribution is 0.107. The molecular weight excluding hydrogens is 461 g/mol. The summed E-state index contributed by atoms with van der Waals surface area (Å²) in [5, 5.41) is 4.25. The van der Waals surface area contributed by atoms with E-state index >= 15 is 0 Å². The number of ether oxygens (including phenoxy) is 2. The first-order chi connectivity index (χ1) is 15.9. The van der Waals surface area contributed by atoms with E-state index in [0.29, 0.717) is 28.1 Å². The van der Waals surface area contributed by atoms with E-state index in [9.17, 15) is 4.79 Å². The van der Waals surface area contributed by atoms with Crippen LogP contribution in [0.3, 0.4) is 0 Å². The van der Waals surface area contributed by atoms with Crippen molar-refractivity contribution in [3.63, 3.8) is 0 Å². The zero-order chi connectivity index (χ0) is 23.4. The van der Waals surface area contributed by atoms with E-state index in [1.54, 1.807) is 14.2 Å². The molecule has 2 amide bonds. The Hall–Kier alpha value is -2.15. The number of halogens is 2. The van der Waals surface area contributed by atoms with Crippen molar-refractivity contribution in [2.75, 3.05) is 40.4 Å². The predicted molar refractivity (Wildman–Crippen MR) is 131 cm³/mol. The summed E-state index contributed by atoms with van der Waals surface area (Å²) in [4.78, 5) is 17.4. The highest BCUT2D eigenvalue weighted by Crippen LogP contribution is 2.40. The van der Waals surface area contributed by atoms with Gasteiger partial charge in [0, 0.05) is 43.7 Å². The molecule has 178 valence electrons. The van der Waals surface area contributed by atoms with Crippen LogP contribution in [0.2, 0.25) is 10.0 Å². The molecule has 1 unspecified atom stereocenters. The number of carbonyl (C=O) groups excluding carboxylic acids is 1. The van der Waals surface area contributed by atoms with E-state index < -0.39 is 0 Å². The van der Waals surface area contributed by atoms with Crippen LogP contribution >= 0.6 is 23.2 Å². The van der Waals surface area contributed by atoms with Gasteiger partial charge in [0.05, 0.1) is 24.3 Å². The van der Waals surface area contributed by atoms with Crippen LogP contribution in [0.5, 0.6) is 11.5 Å². The lowest BCUT2D eigenvalue weighted by Crippen LogP contribution is -2.50. The Labute approximate surface area is 205 Å². The second kappa shape index (κ2) is 10.4. The summed E-state index contributed by atoms with van der Waals surface area (Å²) in [5.41, 5.74) is 2.21. The van der Waals surface area contributed by atoms with Crippen LogP contribution in [0.25, 0.3) is 0 Å². The Morgan fingerprint density at radius 2 is 1.91 bits per heavy atom. The van der Waals surface area contributed by atoms with E-state index in [4.69, 9.17) is 32.7 Å². The summed E-state index contributed by atoms with van der Waals surface area (Å²) < 4.78 is 10.8. The lowest BCUT2D eigenvalue weighted by atomic mass is 9.79. The summed E-state index contributed by atoms with van der Waals surface area (Å²) in [5.74, 6) is 1.32. The van der Waals surface area contributed by atoms with E-state index in [1.165, 1.54) is 5.56 Å². The molecule has 2 heterocycles.